The minimum Gasteiger partial charge on any atom is -0.359 e. The lowest BCUT2D eigenvalue weighted by molar-refractivity contribution is 0.557. The molecule has 0 amide bonds. The first-order chi connectivity index (χ1) is 7.17. The Morgan fingerprint density at radius 3 is 2.80 bits per heavy atom. The number of rotatable bonds is 5. The standard InChI is InChI=1S/C12H21N3/c1-4-10(2)9-15(3)12-7-5-6-11(8-13)14-12/h5-7,10H,4,8-9,13H2,1-3H3. The van der Waals surface area contributed by atoms with Crippen molar-refractivity contribution in [2.24, 2.45) is 11.7 Å². The Hall–Kier alpha value is -1.09. The molecule has 1 heterocycles. The maximum atomic E-state index is 5.57. The molecule has 0 aliphatic heterocycles. The van der Waals surface area contributed by atoms with Crippen molar-refractivity contribution < 1.29 is 0 Å². The molecule has 3 heteroatoms. The Morgan fingerprint density at radius 2 is 2.20 bits per heavy atom. The van der Waals surface area contributed by atoms with Gasteiger partial charge in [0.25, 0.3) is 0 Å². The summed E-state index contributed by atoms with van der Waals surface area (Å²) in [4.78, 5) is 6.67. The molecule has 84 valence electrons. The van der Waals surface area contributed by atoms with Crippen molar-refractivity contribution in [1.29, 1.82) is 0 Å². The van der Waals surface area contributed by atoms with Gasteiger partial charge in [-0.3, -0.25) is 0 Å². The molecule has 0 aliphatic carbocycles. The Bertz CT molecular complexity index is 299. The fraction of sp³-hybridized carbons (Fsp3) is 0.583. The van der Waals surface area contributed by atoms with E-state index in [1.54, 1.807) is 0 Å². The largest absolute Gasteiger partial charge is 0.359 e. The van der Waals surface area contributed by atoms with E-state index in [0.717, 1.165) is 18.1 Å². The third-order valence-electron chi connectivity index (χ3n) is 2.67. The van der Waals surface area contributed by atoms with E-state index in [0.29, 0.717) is 12.5 Å². The van der Waals surface area contributed by atoms with E-state index in [9.17, 15) is 0 Å². The van der Waals surface area contributed by atoms with Gasteiger partial charge in [-0.2, -0.15) is 0 Å². The summed E-state index contributed by atoms with van der Waals surface area (Å²) in [7, 11) is 2.08. The summed E-state index contributed by atoms with van der Waals surface area (Å²) in [6, 6.07) is 6.00. The zero-order valence-electron chi connectivity index (χ0n) is 9.90. The molecular formula is C12H21N3. The predicted octanol–water partition coefficient (Wildman–Crippen LogP) is 2.02. The van der Waals surface area contributed by atoms with Gasteiger partial charge in [-0.25, -0.2) is 4.98 Å². The first-order valence-corrected chi connectivity index (χ1v) is 5.54. The zero-order valence-corrected chi connectivity index (χ0v) is 9.90. The van der Waals surface area contributed by atoms with Crippen LogP contribution >= 0.6 is 0 Å². The normalized spacial score (nSPS) is 12.5. The van der Waals surface area contributed by atoms with E-state index in [2.05, 4.69) is 30.8 Å². The highest BCUT2D eigenvalue weighted by atomic mass is 15.2. The fourth-order valence-corrected chi connectivity index (χ4v) is 1.48. The highest BCUT2D eigenvalue weighted by molar-refractivity contribution is 5.38. The quantitative estimate of drug-likeness (QED) is 0.803. The van der Waals surface area contributed by atoms with Crippen molar-refractivity contribution in [3.05, 3.63) is 23.9 Å². The zero-order chi connectivity index (χ0) is 11.3. The maximum absolute atomic E-state index is 5.57. The van der Waals surface area contributed by atoms with Crippen molar-refractivity contribution in [1.82, 2.24) is 4.98 Å². The summed E-state index contributed by atoms with van der Waals surface area (Å²) >= 11 is 0. The Balaban J connectivity index is 2.68. The van der Waals surface area contributed by atoms with Gasteiger partial charge >= 0.3 is 0 Å². The van der Waals surface area contributed by atoms with Crippen molar-refractivity contribution in [3.63, 3.8) is 0 Å². The number of aromatic nitrogens is 1. The van der Waals surface area contributed by atoms with Crippen molar-refractivity contribution in [2.45, 2.75) is 26.8 Å². The second kappa shape index (κ2) is 5.71. The third kappa shape index (κ3) is 3.51. The van der Waals surface area contributed by atoms with Crippen LogP contribution in [0.4, 0.5) is 5.82 Å². The van der Waals surface area contributed by atoms with Crippen LogP contribution in [0.25, 0.3) is 0 Å². The van der Waals surface area contributed by atoms with E-state index in [1.165, 1.54) is 6.42 Å². The average molecular weight is 207 g/mol. The Kier molecular flexibility index (Phi) is 4.56. The number of anilines is 1. The van der Waals surface area contributed by atoms with Crippen LogP contribution in [0.3, 0.4) is 0 Å². The highest BCUT2D eigenvalue weighted by Crippen LogP contribution is 2.12. The molecule has 0 aliphatic rings. The second-order valence-corrected chi connectivity index (χ2v) is 4.09. The van der Waals surface area contributed by atoms with Crippen LogP contribution in [-0.4, -0.2) is 18.6 Å². The first-order valence-electron chi connectivity index (χ1n) is 5.54. The molecule has 1 aromatic heterocycles. The summed E-state index contributed by atoms with van der Waals surface area (Å²) in [6.07, 6.45) is 1.20. The topological polar surface area (TPSA) is 42.1 Å². The summed E-state index contributed by atoms with van der Waals surface area (Å²) in [6.45, 7) is 6.01. The van der Waals surface area contributed by atoms with Crippen molar-refractivity contribution >= 4 is 5.82 Å². The van der Waals surface area contributed by atoms with Crippen LogP contribution in [0.15, 0.2) is 18.2 Å². The van der Waals surface area contributed by atoms with Crippen LogP contribution in [0.1, 0.15) is 26.0 Å². The highest BCUT2D eigenvalue weighted by Gasteiger charge is 2.06. The number of nitrogens with zero attached hydrogens (tertiary/aromatic N) is 2. The molecule has 0 saturated heterocycles. The molecule has 15 heavy (non-hydrogen) atoms. The van der Waals surface area contributed by atoms with Crippen LogP contribution in [0, 0.1) is 5.92 Å². The van der Waals surface area contributed by atoms with E-state index in [1.807, 2.05) is 18.2 Å². The molecule has 1 rings (SSSR count). The van der Waals surface area contributed by atoms with Gasteiger partial charge in [-0.1, -0.05) is 26.3 Å². The van der Waals surface area contributed by atoms with Gasteiger partial charge in [0, 0.05) is 20.1 Å². The molecule has 2 N–H and O–H groups in total. The maximum Gasteiger partial charge on any atom is 0.128 e. The van der Waals surface area contributed by atoms with Gasteiger partial charge in [0.05, 0.1) is 5.69 Å². The van der Waals surface area contributed by atoms with Crippen molar-refractivity contribution in [3.8, 4) is 0 Å². The molecule has 1 aromatic rings. The second-order valence-electron chi connectivity index (χ2n) is 4.09. The molecule has 3 nitrogen and oxygen atoms in total. The van der Waals surface area contributed by atoms with Gasteiger partial charge in [0.1, 0.15) is 5.82 Å². The van der Waals surface area contributed by atoms with E-state index in [4.69, 9.17) is 5.73 Å². The molecule has 0 aromatic carbocycles. The molecule has 1 atom stereocenters. The van der Waals surface area contributed by atoms with Gasteiger partial charge in [-0.15, -0.1) is 0 Å². The number of hydrogen-bond donors (Lipinski definition) is 1. The van der Waals surface area contributed by atoms with Gasteiger partial charge in [0.15, 0.2) is 0 Å². The van der Waals surface area contributed by atoms with E-state index < -0.39 is 0 Å². The summed E-state index contributed by atoms with van der Waals surface area (Å²) < 4.78 is 0. The SMILES string of the molecule is CCC(C)CN(C)c1cccc(CN)n1. The Labute approximate surface area is 92.3 Å². The minimum atomic E-state index is 0.505. The molecule has 1 unspecified atom stereocenters. The fourth-order valence-electron chi connectivity index (χ4n) is 1.48. The summed E-state index contributed by atoms with van der Waals surface area (Å²) in [5, 5.41) is 0. The molecule has 0 spiro atoms. The lowest BCUT2D eigenvalue weighted by Crippen LogP contribution is -2.24. The minimum absolute atomic E-state index is 0.505. The lowest BCUT2D eigenvalue weighted by Gasteiger charge is -2.22. The van der Waals surface area contributed by atoms with Crippen LogP contribution in [0.2, 0.25) is 0 Å². The number of hydrogen-bond acceptors (Lipinski definition) is 3. The average Bonchev–Trinajstić information content (AvgIpc) is 2.28. The smallest absolute Gasteiger partial charge is 0.128 e. The van der Waals surface area contributed by atoms with E-state index >= 15 is 0 Å². The summed E-state index contributed by atoms with van der Waals surface area (Å²) in [5.41, 5.74) is 6.51. The van der Waals surface area contributed by atoms with Crippen LogP contribution in [-0.2, 0) is 6.54 Å². The Morgan fingerprint density at radius 1 is 1.47 bits per heavy atom. The molecule has 0 bridgehead atoms. The first kappa shape index (κ1) is 12.0. The van der Waals surface area contributed by atoms with Crippen LogP contribution < -0.4 is 10.6 Å². The van der Waals surface area contributed by atoms with Gasteiger partial charge < -0.3 is 10.6 Å². The summed E-state index contributed by atoms with van der Waals surface area (Å²) in [5.74, 6) is 1.71. The number of pyridine rings is 1. The van der Waals surface area contributed by atoms with Crippen molar-refractivity contribution in [2.75, 3.05) is 18.5 Å². The molecule has 0 fully saturated rings. The molecule has 0 saturated carbocycles. The van der Waals surface area contributed by atoms with E-state index in [-0.39, 0.29) is 0 Å². The van der Waals surface area contributed by atoms with Crippen LogP contribution in [0.5, 0.6) is 0 Å². The van der Waals surface area contributed by atoms with Gasteiger partial charge in [-0.05, 0) is 18.1 Å². The predicted molar refractivity (Wildman–Crippen MR) is 64.9 cm³/mol. The molecular weight excluding hydrogens is 186 g/mol. The monoisotopic (exact) mass is 207 g/mol. The lowest BCUT2D eigenvalue weighted by atomic mass is 10.1. The third-order valence-corrected chi connectivity index (χ3v) is 2.67. The number of nitrogens with two attached hydrogens (primary N) is 1. The van der Waals surface area contributed by atoms with Gasteiger partial charge in [0.2, 0.25) is 0 Å². The molecule has 0 radical (unpaired) electrons.